The second-order valence-corrected chi connectivity index (χ2v) is 4.70. The smallest absolute Gasteiger partial charge is 0.236 e. The summed E-state index contributed by atoms with van der Waals surface area (Å²) in [5.41, 5.74) is 0. The van der Waals surface area contributed by atoms with Crippen molar-refractivity contribution >= 4 is 5.91 Å². The van der Waals surface area contributed by atoms with Gasteiger partial charge in [0.2, 0.25) is 5.91 Å². The molecule has 0 radical (unpaired) electrons. The van der Waals surface area contributed by atoms with E-state index in [-0.39, 0.29) is 5.91 Å². The van der Waals surface area contributed by atoms with Crippen LogP contribution in [-0.4, -0.2) is 61.5 Å². The monoisotopic (exact) mass is 227 g/mol. The largest absolute Gasteiger partial charge is 0.345 e. The van der Waals surface area contributed by atoms with Gasteiger partial charge in [0.05, 0.1) is 6.54 Å². The molecule has 1 amide bonds. The predicted octanol–water partition coefficient (Wildman–Crippen LogP) is 0.539. The van der Waals surface area contributed by atoms with Crippen molar-refractivity contribution in [1.82, 2.24) is 15.1 Å². The van der Waals surface area contributed by atoms with E-state index in [1.807, 2.05) is 14.0 Å². The van der Waals surface area contributed by atoms with E-state index < -0.39 is 0 Å². The summed E-state index contributed by atoms with van der Waals surface area (Å²) in [6.07, 6.45) is 2.65. The molecule has 1 N–H and O–H groups in total. The van der Waals surface area contributed by atoms with Gasteiger partial charge in [-0.15, -0.1) is 0 Å². The molecule has 0 spiro atoms. The third-order valence-corrected chi connectivity index (χ3v) is 3.23. The number of nitrogens with zero attached hydrogens (tertiary/aromatic N) is 2. The molecular weight excluding hydrogens is 202 g/mol. The van der Waals surface area contributed by atoms with Gasteiger partial charge in [-0.3, -0.25) is 4.79 Å². The molecule has 1 rings (SSSR count). The topological polar surface area (TPSA) is 35.6 Å². The summed E-state index contributed by atoms with van der Waals surface area (Å²) in [4.78, 5) is 15.8. The number of nitrogens with one attached hydrogen (secondary N) is 1. The number of hydrogen-bond acceptors (Lipinski definition) is 3. The summed E-state index contributed by atoms with van der Waals surface area (Å²) in [5, 5.41) is 3.29. The Balaban J connectivity index is 2.13. The molecule has 1 heterocycles. The Morgan fingerprint density at radius 1 is 1.44 bits per heavy atom. The Bertz CT molecular complexity index is 214. The van der Waals surface area contributed by atoms with Crippen molar-refractivity contribution in [3.05, 3.63) is 0 Å². The van der Waals surface area contributed by atoms with Crippen LogP contribution in [0.25, 0.3) is 0 Å². The summed E-state index contributed by atoms with van der Waals surface area (Å²) >= 11 is 0. The van der Waals surface area contributed by atoms with Gasteiger partial charge in [0.15, 0.2) is 0 Å². The van der Waals surface area contributed by atoms with Gasteiger partial charge >= 0.3 is 0 Å². The molecular formula is C12H25N3O. The Morgan fingerprint density at radius 2 is 2.06 bits per heavy atom. The van der Waals surface area contributed by atoms with E-state index in [9.17, 15) is 4.79 Å². The minimum atomic E-state index is 0.177. The van der Waals surface area contributed by atoms with Crippen molar-refractivity contribution in [2.75, 3.05) is 39.8 Å². The van der Waals surface area contributed by atoms with E-state index >= 15 is 0 Å². The van der Waals surface area contributed by atoms with Crippen LogP contribution in [0.1, 0.15) is 26.7 Å². The lowest BCUT2D eigenvalue weighted by atomic mass is 10.3. The first kappa shape index (κ1) is 13.5. The van der Waals surface area contributed by atoms with Crippen molar-refractivity contribution in [3.8, 4) is 0 Å². The Morgan fingerprint density at radius 3 is 2.62 bits per heavy atom. The summed E-state index contributed by atoms with van der Waals surface area (Å²) in [5.74, 6) is 0.177. The molecule has 1 aliphatic rings. The zero-order valence-electron chi connectivity index (χ0n) is 10.8. The average Bonchev–Trinajstić information content (AvgIpc) is 2.77. The van der Waals surface area contributed by atoms with Gasteiger partial charge in [-0.05, 0) is 39.8 Å². The first-order valence-electron chi connectivity index (χ1n) is 6.33. The van der Waals surface area contributed by atoms with Crippen LogP contribution < -0.4 is 5.32 Å². The molecule has 0 bridgehead atoms. The molecule has 16 heavy (non-hydrogen) atoms. The van der Waals surface area contributed by atoms with Gasteiger partial charge in [0.25, 0.3) is 0 Å². The average molecular weight is 227 g/mol. The van der Waals surface area contributed by atoms with Crippen LogP contribution in [0.5, 0.6) is 0 Å². The van der Waals surface area contributed by atoms with Crippen LogP contribution in [0, 0.1) is 0 Å². The molecule has 1 fully saturated rings. The molecule has 4 heteroatoms. The lowest BCUT2D eigenvalue weighted by Gasteiger charge is -2.22. The maximum atomic E-state index is 11.6. The number of rotatable bonds is 6. The number of carbonyl (C=O) groups excluding carboxylic acids is 1. The summed E-state index contributed by atoms with van der Waals surface area (Å²) in [7, 11) is 1.84. The van der Waals surface area contributed by atoms with E-state index in [0.717, 1.165) is 13.1 Å². The Labute approximate surface area is 99.0 Å². The molecule has 4 nitrogen and oxygen atoms in total. The zero-order valence-corrected chi connectivity index (χ0v) is 10.8. The quantitative estimate of drug-likeness (QED) is 0.719. The Hall–Kier alpha value is -0.610. The molecule has 0 aliphatic carbocycles. The molecule has 0 saturated carbocycles. The standard InChI is InChI=1S/C12H25N3O/c1-4-14(3)12(16)9-13-11(2)10-15-7-5-6-8-15/h11,13H,4-10H2,1-3H3. The number of likely N-dealkylation sites (tertiary alicyclic amines) is 1. The summed E-state index contributed by atoms with van der Waals surface area (Å²) in [6, 6.07) is 0.396. The number of likely N-dealkylation sites (N-methyl/N-ethyl adjacent to an activating group) is 1. The van der Waals surface area contributed by atoms with E-state index in [0.29, 0.717) is 12.6 Å². The highest BCUT2D eigenvalue weighted by molar-refractivity contribution is 5.77. The first-order valence-corrected chi connectivity index (χ1v) is 6.33. The highest BCUT2D eigenvalue weighted by atomic mass is 16.2. The van der Waals surface area contributed by atoms with Gasteiger partial charge < -0.3 is 15.1 Å². The van der Waals surface area contributed by atoms with Gasteiger partial charge in [0, 0.05) is 26.2 Å². The van der Waals surface area contributed by atoms with Gasteiger partial charge in [-0.1, -0.05) is 0 Å². The van der Waals surface area contributed by atoms with Crippen molar-refractivity contribution in [3.63, 3.8) is 0 Å². The zero-order chi connectivity index (χ0) is 12.0. The highest BCUT2D eigenvalue weighted by Gasteiger charge is 2.15. The number of amides is 1. The van der Waals surface area contributed by atoms with Crippen LogP contribution in [0.2, 0.25) is 0 Å². The fourth-order valence-electron chi connectivity index (χ4n) is 1.99. The predicted molar refractivity (Wildman–Crippen MR) is 66.4 cm³/mol. The third kappa shape index (κ3) is 4.49. The SMILES string of the molecule is CCN(C)C(=O)CNC(C)CN1CCCC1. The molecule has 1 unspecified atom stereocenters. The molecule has 0 aromatic rings. The van der Waals surface area contributed by atoms with Crippen molar-refractivity contribution in [1.29, 1.82) is 0 Å². The number of carbonyl (C=O) groups is 1. The third-order valence-electron chi connectivity index (χ3n) is 3.23. The fraction of sp³-hybridized carbons (Fsp3) is 0.917. The van der Waals surface area contributed by atoms with E-state index in [2.05, 4.69) is 17.1 Å². The van der Waals surface area contributed by atoms with Crippen molar-refractivity contribution < 1.29 is 4.79 Å². The molecule has 1 aliphatic heterocycles. The molecule has 94 valence electrons. The van der Waals surface area contributed by atoms with Crippen molar-refractivity contribution in [2.24, 2.45) is 0 Å². The van der Waals surface area contributed by atoms with Crippen LogP contribution in [0.4, 0.5) is 0 Å². The summed E-state index contributed by atoms with van der Waals surface area (Å²) in [6.45, 7) is 8.87. The Kier molecular flexibility index (Phi) is 5.77. The van der Waals surface area contributed by atoms with Crippen LogP contribution in [0.15, 0.2) is 0 Å². The maximum Gasteiger partial charge on any atom is 0.236 e. The second-order valence-electron chi connectivity index (χ2n) is 4.70. The molecule has 0 aromatic carbocycles. The van der Waals surface area contributed by atoms with Crippen molar-refractivity contribution in [2.45, 2.75) is 32.7 Å². The maximum absolute atomic E-state index is 11.6. The molecule has 1 saturated heterocycles. The minimum absolute atomic E-state index is 0.177. The lowest BCUT2D eigenvalue weighted by molar-refractivity contribution is -0.128. The molecule has 1 atom stereocenters. The minimum Gasteiger partial charge on any atom is -0.345 e. The van der Waals surface area contributed by atoms with Crippen LogP contribution in [-0.2, 0) is 4.79 Å². The highest BCUT2D eigenvalue weighted by Crippen LogP contribution is 2.07. The normalized spacial score (nSPS) is 18.7. The van der Waals surface area contributed by atoms with Crippen LogP contribution >= 0.6 is 0 Å². The van der Waals surface area contributed by atoms with Crippen LogP contribution in [0.3, 0.4) is 0 Å². The van der Waals surface area contributed by atoms with Gasteiger partial charge in [-0.25, -0.2) is 0 Å². The summed E-state index contributed by atoms with van der Waals surface area (Å²) < 4.78 is 0. The lowest BCUT2D eigenvalue weighted by Crippen LogP contribution is -2.43. The first-order chi connectivity index (χ1) is 7.63. The van der Waals surface area contributed by atoms with E-state index in [1.165, 1.54) is 25.9 Å². The van der Waals surface area contributed by atoms with E-state index in [4.69, 9.17) is 0 Å². The molecule has 0 aromatic heterocycles. The fourth-order valence-corrected chi connectivity index (χ4v) is 1.99. The second kappa shape index (κ2) is 6.86. The van der Waals surface area contributed by atoms with E-state index in [1.54, 1.807) is 4.90 Å². The van der Waals surface area contributed by atoms with Gasteiger partial charge in [-0.2, -0.15) is 0 Å². The van der Waals surface area contributed by atoms with Gasteiger partial charge in [0.1, 0.15) is 0 Å². The number of hydrogen-bond donors (Lipinski definition) is 1.